The van der Waals surface area contributed by atoms with Crippen LogP contribution in [0.4, 0.5) is 5.69 Å². The highest BCUT2D eigenvalue weighted by Gasteiger charge is 2.13. The predicted octanol–water partition coefficient (Wildman–Crippen LogP) is 2.50. The maximum Gasteiger partial charge on any atom is 0.236 e. The first-order valence-corrected chi connectivity index (χ1v) is 5.56. The second-order valence-corrected chi connectivity index (χ2v) is 4.17. The minimum atomic E-state index is 0.0217. The summed E-state index contributed by atoms with van der Waals surface area (Å²) in [6.07, 6.45) is 0. The monoisotopic (exact) mass is 223 g/mol. The molecule has 0 radical (unpaired) electrons. The van der Waals surface area contributed by atoms with E-state index in [2.05, 4.69) is 31.7 Å². The molecular formula is C12H17NOS. The van der Waals surface area contributed by atoms with Crippen LogP contribution in [0.25, 0.3) is 0 Å². The van der Waals surface area contributed by atoms with Gasteiger partial charge in [-0.05, 0) is 31.9 Å². The number of hydrogen-bond acceptors (Lipinski definition) is 2. The molecule has 0 spiro atoms. The smallest absolute Gasteiger partial charge is 0.236 e. The predicted molar refractivity (Wildman–Crippen MR) is 67.9 cm³/mol. The van der Waals surface area contributed by atoms with Gasteiger partial charge in [-0.1, -0.05) is 17.7 Å². The van der Waals surface area contributed by atoms with E-state index in [-0.39, 0.29) is 11.7 Å². The summed E-state index contributed by atoms with van der Waals surface area (Å²) in [5, 5.41) is 0. The summed E-state index contributed by atoms with van der Waals surface area (Å²) < 4.78 is 0. The molecule has 1 aromatic carbocycles. The fraction of sp³-hybridized carbons (Fsp3) is 0.417. The van der Waals surface area contributed by atoms with Crippen molar-refractivity contribution in [2.75, 3.05) is 17.7 Å². The van der Waals surface area contributed by atoms with E-state index in [4.69, 9.17) is 0 Å². The first-order chi connectivity index (χ1) is 6.97. The van der Waals surface area contributed by atoms with E-state index in [0.717, 1.165) is 16.8 Å². The summed E-state index contributed by atoms with van der Waals surface area (Å²) >= 11 is 4.00. The summed E-state index contributed by atoms with van der Waals surface area (Å²) in [5.74, 6) is 0.261. The minimum absolute atomic E-state index is 0.0217. The van der Waals surface area contributed by atoms with Gasteiger partial charge in [0.2, 0.25) is 5.91 Å². The summed E-state index contributed by atoms with van der Waals surface area (Å²) in [6.45, 7) is 6.11. The summed E-state index contributed by atoms with van der Waals surface area (Å²) in [5.41, 5.74) is 4.48. The molecule has 0 atom stereocenters. The summed E-state index contributed by atoms with van der Waals surface area (Å²) in [7, 11) is 1.79. The van der Waals surface area contributed by atoms with E-state index in [0.29, 0.717) is 0 Å². The lowest BCUT2D eigenvalue weighted by Crippen LogP contribution is -2.28. The molecule has 1 amide bonds. The van der Waals surface area contributed by atoms with Gasteiger partial charge in [0, 0.05) is 12.7 Å². The Kier molecular flexibility index (Phi) is 3.80. The number of nitrogens with zero attached hydrogens (tertiary/aromatic N) is 1. The molecule has 2 nitrogen and oxygen atoms in total. The molecule has 0 saturated heterocycles. The van der Waals surface area contributed by atoms with E-state index in [1.807, 2.05) is 13.8 Å². The Balaban J connectivity index is 3.19. The number of hydrogen-bond donors (Lipinski definition) is 1. The van der Waals surface area contributed by atoms with Crippen LogP contribution in [0.5, 0.6) is 0 Å². The molecule has 0 unspecified atom stereocenters. The average Bonchev–Trinajstić information content (AvgIpc) is 2.14. The van der Waals surface area contributed by atoms with Gasteiger partial charge in [-0.15, -0.1) is 0 Å². The van der Waals surface area contributed by atoms with Crippen LogP contribution in [0, 0.1) is 20.8 Å². The van der Waals surface area contributed by atoms with Crippen molar-refractivity contribution in [2.24, 2.45) is 0 Å². The van der Waals surface area contributed by atoms with Crippen molar-refractivity contribution in [2.45, 2.75) is 20.8 Å². The fourth-order valence-electron chi connectivity index (χ4n) is 1.93. The third-order valence-electron chi connectivity index (χ3n) is 2.48. The van der Waals surface area contributed by atoms with Crippen LogP contribution >= 0.6 is 12.6 Å². The average molecular weight is 223 g/mol. The van der Waals surface area contributed by atoms with Gasteiger partial charge in [-0.2, -0.15) is 12.6 Å². The molecule has 0 aliphatic heterocycles. The van der Waals surface area contributed by atoms with Crippen molar-refractivity contribution in [3.8, 4) is 0 Å². The quantitative estimate of drug-likeness (QED) is 0.764. The topological polar surface area (TPSA) is 20.3 Å². The molecule has 1 aromatic rings. The second-order valence-electron chi connectivity index (χ2n) is 3.86. The third kappa shape index (κ3) is 2.53. The van der Waals surface area contributed by atoms with Crippen LogP contribution in [0.2, 0.25) is 0 Å². The van der Waals surface area contributed by atoms with Gasteiger partial charge in [0.05, 0.1) is 5.75 Å². The zero-order valence-electron chi connectivity index (χ0n) is 9.66. The maximum atomic E-state index is 11.6. The molecule has 0 aliphatic rings. The highest BCUT2D eigenvalue weighted by atomic mass is 32.1. The third-order valence-corrected chi connectivity index (χ3v) is 2.75. The lowest BCUT2D eigenvalue weighted by atomic mass is 10.0. The molecule has 15 heavy (non-hydrogen) atoms. The van der Waals surface area contributed by atoms with E-state index in [1.165, 1.54) is 5.56 Å². The molecule has 0 bridgehead atoms. The molecule has 0 fully saturated rings. The Morgan fingerprint density at radius 1 is 1.27 bits per heavy atom. The van der Waals surface area contributed by atoms with Crippen LogP contribution in [-0.2, 0) is 4.79 Å². The second kappa shape index (κ2) is 4.71. The summed E-state index contributed by atoms with van der Waals surface area (Å²) in [6, 6.07) is 4.18. The number of amides is 1. The van der Waals surface area contributed by atoms with Crippen molar-refractivity contribution in [3.05, 3.63) is 28.8 Å². The number of rotatable bonds is 2. The van der Waals surface area contributed by atoms with Crippen molar-refractivity contribution in [1.29, 1.82) is 0 Å². The Morgan fingerprint density at radius 2 is 1.73 bits per heavy atom. The van der Waals surface area contributed by atoms with Crippen LogP contribution in [-0.4, -0.2) is 18.7 Å². The van der Waals surface area contributed by atoms with E-state index in [1.54, 1.807) is 11.9 Å². The fourth-order valence-corrected chi connectivity index (χ4v) is 2.14. The Labute approximate surface area is 96.7 Å². The molecule has 0 aromatic heterocycles. The standard InChI is InChI=1S/C12H17NOS/c1-8-5-9(2)12(10(3)6-8)13(4)11(14)7-15/h5-6,15H,7H2,1-4H3. The van der Waals surface area contributed by atoms with Crippen LogP contribution < -0.4 is 4.90 Å². The highest BCUT2D eigenvalue weighted by Crippen LogP contribution is 2.25. The first-order valence-electron chi connectivity index (χ1n) is 4.92. The Hall–Kier alpha value is -0.960. The number of benzene rings is 1. The SMILES string of the molecule is Cc1cc(C)c(N(C)C(=O)CS)c(C)c1. The number of carbonyl (C=O) groups is 1. The maximum absolute atomic E-state index is 11.6. The van der Waals surface area contributed by atoms with Crippen molar-refractivity contribution >= 4 is 24.2 Å². The van der Waals surface area contributed by atoms with Crippen LogP contribution in [0.15, 0.2) is 12.1 Å². The zero-order valence-corrected chi connectivity index (χ0v) is 10.6. The van der Waals surface area contributed by atoms with E-state index in [9.17, 15) is 4.79 Å². The molecule has 82 valence electrons. The van der Waals surface area contributed by atoms with Gasteiger partial charge in [-0.3, -0.25) is 4.79 Å². The largest absolute Gasteiger partial charge is 0.314 e. The van der Waals surface area contributed by atoms with Crippen LogP contribution in [0.3, 0.4) is 0 Å². The lowest BCUT2D eigenvalue weighted by molar-refractivity contribution is -0.115. The van der Waals surface area contributed by atoms with Crippen LogP contribution in [0.1, 0.15) is 16.7 Å². The molecular weight excluding hydrogens is 206 g/mol. The highest BCUT2D eigenvalue weighted by molar-refractivity contribution is 7.81. The minimum Gasteiger partial charge on any atom is -0.314 e. The normalized spacial score (nSPS) is 10.2. The van der Waals surface area contributed by atoms with Gasteiger partial charge in [0.25, 0.3) is 0 Å². The van der Waals surface area contributed by atoms with Gasteiger partial charge < -0.3 is 4.90 Å². The zero-order chi connectivity index (χ0) is 11.6. The lowest BCUT2D eigenvalue weighted by Gasteiger charge is -2.21. The van der Waals surface area contributed by atoms with E-state index < -0.39 is 0 Å². The molecule has 0 saturated carbocycles. The van der Waals surface area contributed by atoms with Gasteiger partial charge >= 0.3 is 0 Å². The molecule has 0 heterocycles. The number of carbonyl (C=O) groups excluding carboxylic acids is 1. The van der Waals surface area contributed by atoms with Gasteiger partial charge in [-0.25, -0.2) is 0 Å². The molecule has 0 N–H and O–H groups in total. The Bertz CT molecular complexity index is 364. The molecule has 3 heteroatoms. The van der Waals surface area contributed by atoms with Crippen molar-refractivity contribution in [1.82, 2.24) is 0 Å². The number of aryl methyl sites for hydroxylation is 3. The van der Waals surface area contributed by atoms with Gasteiger partial charge in [0.15, 0.2) is 0 Å². The molecule has 0 aliphatic carbocycles. The Morgan fingerprint density at radius 3 is 2.13 bits per heavy atom. The van der Waals surface area contributed by atoms with Crippen molar-refractivity contribution < 1.29 is 4.79 Å². The van der Waals surface area contributed by atoms with Gasteiger partial charge in [0.1, 0.15) is 0 Å². The summed E-state index contributed by atoms with van der Waals surface area (Å²) in [4.78, 5) is 13.2. The van der Waals surface area contributed by atoms with E-state index >= 15 is 0 Å². The number of thiol groups is 1. The van der Waals surface area contributed by atoms with Crippen molar-refractivity contribution in [3.63, 3.8) is 0 Å². The first kappa shape index (κ1) is 12.1. The molecule has 1 rings (SSSR count). The number of anilines is 1.